The van der Waals surface area contributed by atoms with Crippen molar-refractivity contribution in [2.75, 3.05) is 29.2 Å². The number of nitrogens with zero attached hydrogens (tertiary/aromatic N) is 2. The van der Waals surface area contributed by atoms with Crippen LogP contribution in [0.15, 0.2) is 59.8 Å². The first kappa shape index (κ1) is 22.9. The number of amides is 1. The van der Waals surface area contributed by atoms with Gasteiger partial charge >= 0.3 is 12.1 Å². The average Bonchev–Trinajstić information content (AvgIpc) is 2.85. The highest BCUT2D eigenvalue weighted by molar-refractivity contribution is 6.07. The molecular formula is C25H26F3N3O2. The van der Waals surface area contributed by atoms with Gasteiger partial charge in [0.15, 0.2) is 5.78 Å². The maximum Gasteiger partial charge on any atom is 0.471 e. The Kier molecular flexibility index (Phi) is 5.50. The fourth-order valence-corrected chi connectivity index (χ4v) is 4.62. The summed E-state index contributed by atoms with van der Waals surface area (Å²) in [4.78, 5) is 28.8. The molecule has 1 atom stereocenters. The summed E-state index contributed by atoms with van der Waals surface area (Å²) in [7, 11) is 3.71. The molecule has 2 aromatic carbocycles. The molecule has 0 saturated carbocycles. The highest BCUT2D eigenvalue weighted by atomic mass is 19.4. The minimum atomic E-state index is -5.11. The van der Waals surface area contributed by atoms with Crippen molar-refractivity contribution >= 4 is 28.8 Å². The predicted molar refractivity (Wildman–Crippen MR) is 122 cm³/mol. The zero-order valence-electron chi connectivity index (χ0n) is 19.0. The monoisotopic (exact) mass is 457 g/mol. The normalized spacial score (nSPS) is 19.9. The summed E-state index contributed by atoms with van der Waals surface area (Å²) in [5.74, 6) is -2.27. The van der Waals surface area contributed by atoms with E-state index in [1.807, 2.05) is 32.8 Å². The Bertz CT molecular complexity index is 1130. The van der Waals surface area contributed by atoms with E-state index in [0.717, 1.165) is 10.6 Å². The number of Topliss-reactive ketones (excluding diaryl/α,β-unsaturated/α-hetero) is 1. The van der Waals surface area contributed by atoms with E-state index < -0.39 is 18.1 Å². The number of hydrogen-bond donors (Lipinski definition) is 1. The van der Waals surface area contributed by atoms with Crippen LogP contribution >= 0.6 is 0 Å². The van der Waals surface area contributed by atoms with Crippen LogP contribution in [0.3, 0.4) is 0 Å². The second-order valence-electron chi connectivity index (χ2n) is 9.54. The van der Waals surface area contributed by atoms with Gasteiger partial charge in [-0.2, -0.15) is 13.2 Å². The Morgan fingerprint density at radius 2 is 1.70 bits per heavy atom. The molecule has 2 aromatic rings. The molecule has 4 rings (SSSR count). The van der Waals surface area contributed by atoms with Gasteiger partial charge < -0.3 is 10.2 Å². The van der Waals surface area contributed by atoms with Crippen LogP contribution in [0, 0.1) is 5.41 Å². The lowest BCUT2D eigenvalue weighted by atomic mass is 9.73. The number of halogens is 3. The highest BCUT2D eigenvalue weighted by Gasteiger charge is 2.50. The third-order valence-corrected chi connectivity index (χ3v) is 6.09. The molecule has 2 aliphatic rings. The van der Waals surface area contributed by atoms with Crippen molar-refractivity contribution in [1.82, 2.24) is 0 Å². The van der Waals surface area contributed by atoms with Crippen molar-refractivity contribution in [2.45, 2.75) is 38.9 Å². The zero-order valence-corrected chi connectivity index (χ0v) is 19.0. The molecule has 0 fully saturated rings. The van der Waals surface area contributed by atoms with Crippen LogP contribution in [-0.4, -0.2) is 32.0 Å². The van der Waals surface area contributed by atoms with Gasteiger partial charge in [-0.3, -0.25) is 14.5 Å². The third kappa shape index (κ3) is 4.21. The van der Waals surface area contributed by atoms with Crippen LogP contribution in [0.2, 0.25) is 0 Å². The molecule has 0 saturated heterocycles. The minimum Gasteiger partial charge on any atom is -0.378 e. The van der Waals surface area contributed by atoms with Crippen molar-refractivity contribution in [3.63, 3.8) is 0 Å². The van der Waals surface area contributed by atoms with Gasteiger partial charge in [0.05, 0.1) is 17.4 Å². The van der Waals surface area contributed by atoms with Crippen molar-refractivity contribution in [1.29, 1.82) is 0 Å². The number of anilines is 3. The van der Waals surface area contributed by atoms with Crippen LogP contribution in [0.1, 0.15) is 38.3 Å². The van der Waals surface area contributed by atoms with E-state index in [0.29, 0.717) is 23.4 Å². The Balaban J connectivity index is 2.01. The molecule has 0 spiro atoms. The van der Waals surface area contributed by atoms with Gasteiger partial charge in [-0.1, -0.05) is 38.1 Å². The van der Waals surface area contributed by atoms with E-state index >= 15 is 0 Å². The molecule has 1 heterocycles. The van der Waals surface area contributed by atoms with Crippen molar-refractivity contribution < 1.29 is 22.8 Å². The summed E-state index contributed by atoms with van der Waals surface area (Å²) in [6.07, 6.45) is -4.45. The first-order valence-electron chi connectivity index (χ1n) is 10.7. The molecule has 174 valence electrons. The van der Waals surface area contributed by atoms with Crippen molar-refractivity contribution in [3.05, 3.63) is 65.4 Å². The molecule has 1 aliphatic carbocycles. The molecule has 0 unspecified atom stereocenters. The van der Waals surface area contributed by atoms with Gasteiger partial charge in [-0.25, -0.2) is 0 Å². The molecule has 1 amide bonds. The summed E-state index contributed by atoms with van der Waals surface area (Å²) in [6.45, 7) is 3.90. The number of para-hydroxylation sites is 2. The van der Waals surface area contributed by atoms with Crippen LogP contribution < -0.4 is 15.1 Å². The fraction of sp³-hybridized carbons (Fsp3) is 0.360. The summed E-state index contributed by atoms with van der Waals surface area (Å²) in [6, 6.07) is 12.1. The second-order valence-corrected chi connectivity index (χ2v) is 9.54. The molecule has 1 aliphatic heterocycles. The summed E-state index contributed by atoms with van der Waals surface area (Å²) in [5.41, 5.74) is 2.15. The number of ketones is 1. The van der Waals surface area contributed by atoms with E-state index in [2.05, 4.69) is 5.32 Å². The lowest BCUT2D eigenvalue weighted by molar-refractivity contribution is -0.170. The van der Waals surface area contributed by atoms with Gasteiger partial charge in [-0.05, 0) is 41.7 Å². The molecule has 1 N–H and O–H groups in total. The molecule has 8 heteroatoms. The smallest absolute Gasteiger partial charge is 0.378 e. The molecule has 33 heavy (non-hydrogen) atoms. The van der Waals surface area contributed by atoms with Crippen LogP contribution in [0.5, 0.6) is 0 Å². The fourth-order valence-electron chi connectivity index (χ4n) is 4.62. The Morgan fingerprint density at radius 3 is 2.30 bits per heavy atom. The third-order valence-electron chi connectivity index (χ3n) is 6.09. The summed E-state index contributed by atoms with van der Waals surface area (Å²) >= 11 is 0. The van der Waals surface area contributed by atoms with E-state index in [1.54, 1.807) is 42.5 Å². The highest BCUT2D eigenvalue weighted by Crippen LogP contribution is 2.49. The number of hydrogen-bond acceptors (Lipinski definition) is 4. The first-order chi connectivity index (χ1) is 15.4. The van der Waals surface area contributed by atoms with Gasteiger partial charge in [0, 0.05) is 37.5 Å². The number of fused-ring (bicyclic) bond motifs is 1. The minimum absolute atomic E-state index is 0.0847. The topological polar surface area (TPSA) is 52.7 Å². The number of rotatable bonds is 2. The maximum absolute atomic E-state index is 13.8. The lowest BCUT2D eigenvalue weighted by Crippen LogP contribution is -2.45. The number of alkyl halides is 3. The van der Waals surface area contributed by atoms with Crippen molar-refractivity contribution in [2.24, 2.45) is 5.41 Å². The number of carbonyl (C=O) groups is 2. The first-order valence-corrected chi connectivity index (χ1v) is 10.7. The van der Waals surface area contributed by atoms with E-state index in [9.17, 15) is 22.8 Å². The van der Waals surface area contributed by atoms with Gasteiger partial charge in [-0.15, -0.1) is 0 Å². The molecular weight excluding hydrogens is 431 g/mol. The van der Waals surface area contributed by atoms with E-state index in [4.69, 9.17) is 0 Å². The molecule has 5 nitrogen and oxygen atoms in total. The van der Waals surface area contributed by atoms with Gasteiger partial charge in [0.25, 0.3) is 0 Å². The molecule has 0 bridgehead atoms. The predicted octanol–water partition coefficient (Wildman–Crippen LogP) is 5.46. The van der Waals surface area contributed by atoms with E-state index in [-0.39, 0.29) is 28.9 Å². The Labute approximate surface area is 190 Å². The van der Waals surface area contributed by atoms with Crippen molar-refractivity contribution in [3.8, 4) is 0 Å². The zero-order chi connectivity index (χ0) is 24.1. The Hall–Kier alpha value is -3.29. The quantitative estimate of drug-likeness (QED) is 0.651. The lowest BCUT2D eigenvalue weighted by Gasteiger charge is -2.37. The standard InChI is InChI=1S/C25H26F3N3O2/c1-24(2)13-18-21(20(32)14-24)22(15-9-11-16(12-10-15)30(3)4)31(23(33)25(26,27)28)19-8-6-5-7-17(19)29-18/h5-12,22,29H,13-14H2,1-4H3/t22-/m1/s1. The maximum atomic E-state index is 13.8. The number of nitrogens with one attached hydrogen (secondary N) is 1. The molecule has 0 aromatic heterocycles. The van der Waals surface area contributed by atoms with Crippen LogP contribution in [-0.2, 0) is 9.59 Å². The van der Waals surface area contributed by atoms with Crippen LogP contribution in [0.4, 0.5) is 30.2 Å². The molecule has 0 radical (unpaired) electrons. The SMILES string of the molecule is CN(C)c1ccc([C@@H]2C3=C(CC(C)(C)CC3=O)Nc3ccccc3N2C(=O)C(F)(F)F)cc1. The average molecular weight is 457 g/mol. The number of allylic oxidation sites excluding steroid dienone is 1. The van der Waals surface area contributed by atoms with E-state index in [1.165, 1.54) is 6.07 Å². The van der Waals surface area contributed by atoms with Gasteiger partial charge in [0.1, 0.15) is 0 Å². The summed E-state index contributed by atoms with van der Waals surface area (Å²) < 4.78 is 41.5. The summed E-state index contributed by atoms with van der Waals surface area (Å²) in [5, 5.41) is 3.20. The van der Waals surface area contributed by atoms with Crippen LogP contribution in [0.25, 0.3) is 0 Å². The number of benzene rings is 2. The second kappa shape index (κ2) is 7.93. The number of carbonyl (C=O) groups excluding carboxylic acids is 2. The van der Waals surface area contributed by atoms with Gasteiger partial charge in [0.2, 0.25) is 0 Å². The Morgan fingerprint density at radius 1 is 1.06 bits per heavy atom. The largest absolute Gasteiger partial charge is 0.471 e.